The summed E-state index contributed by atoms with van der Waals surface area (Å²) in [6, 6.07) is -1.16. The largest absolute Gasteiger partial charge is 0.480 e. The van der Waals surface area contributed by atoms with E-state index in [1.807, 2.05) is 26.8 Å². The number of nitrogens with zero attached hydrogens (tertiary/aromatic N) is 1. The fraction of sp³-hybridized carbons (Fsp3) is 0.692. The SMILES string of the molecule is CC(C)(C)CC(NC(=O)N1CC=C(Br)CC1)C(=O)O. The smallest absolute Gasteiger partial charge is 0.326 e. The van der Waals surface area contributed by atoms with Crippen molar-refractivity contribution >= 4 is 27.9 Å². The standard InChI is InChI=1S/C13H21BrN2O3/c1-13(2,3)8-10(11(17)18)15-12(19)16-6-4-9(14)5-7-16/h4,10H,5-8H2,1-3H3,(H,15,19)(H,17,18). The zero-order chi connectivity index (χ0) is 14.6. The molecule has 19 heavy (non-hydrogen) atoms. The van der Waals surface area contributed by atoms with Crippen molar-refractivity contribution < 1.29 is 14.7 Å². The van der Waals surface area contributed by atoms with E-state index < -0.39 is 12.0 Å². The quantitative estimate of drug-likeness (QED) is 0.834. The molecule has 2 amide bonds. The van der Waals surface area contributed by atoms with Crippen LogP contribution in [0.4, 0.5) is 4.79 Å². The highest BCUT2D eigenvalue weighted by Crippen LogP contribution is 2.21. The highest BCUT2D eigenvalue weighted by atomic mass is 79.9. The molecule has 0 bridgehead atoms. The van der Waals surface area contributed by atoms with Crippen LogP contribution in [0.25, 0.3) is 0 Å². The summed E-state index contributed by atoms with van der Waals surface area (Å²) >= 11 is 3.39. The van der Waals surface area contributed by atoms with Crippen molar-refractivity contribution in [3.05, 3.63) is 10.6 Å². The van der Waals surface area contributed by atoms with Crippen molar-refractivity contribution in [2.45, 2.75) is 39.7 Å². The minimum Gasteiger partial charge on any atom is -0.480 e. The number of carbonyl (C=O) groups excluding carboxylic acids is 1. The molecule has 6 heteroatoms. The first-order chi connectivity index (χ1) is 8.69. The molecule has 0 aromatic rings. The summed E-state index contributed by atoms with van der Waals surface area (Å²) in [4.78, 5) is 24.8. The Balaban J connectivity index is 2.59. The Labute approximate surface area is 122 Å². The molecule has 5 nitrogen and oxygen atoms in total. The molecule has 0 radical (unpaired) electrons. The number of amides is 2. The first-order valence-electron chi connectivity index (χ1n) is 6.32. The predicted octanol–water partition coefficient (Wildman–Crippen LogP) is 2.57. The highest BCUT2D eigenvalue weighted by molar-refractivity contribution is 9.11. The number of rotatable bonds is 3. The third-order valence-electron chi connectivity index (χ3n) is 2.85. The molecule has 0 aromatic heterocycles. The third-order valence-corrected chi connectivity index (χ3v) is 3.57. The van der Waals surface area contributed by atoms with Crippen molar-refractivity contribution in [1.82, 2.24) is 10.2 Å². The van der Waals surface area contributed by atoms with Crippen LogP contribution < -0.4 is 5.32 Å². The molecule has 0 spiro atoms. The van der Waals surface area contributed by atoms with Gasteiger partial charge in [0.05, 0.1) is 0 Å². The van der Waals surface area contributed by atoms with Crippen LogP contribution >= 0.6 is 15.9 Å². The van der Waals surface area contributed by atoms with E-state index >= 15 is 0 Å². The Kier molecular flexibility index (Phi) is 5.40. The van der Waals surface area contributed by atoms with E-state index in [-0.39, 0.29) is 11.4 Å². The second-order valence-corrected chi connectivity index (χ2v) is 6.97. The van der Waals surface area contributed by atoms with Crippen LogP contribution in [0, 0.1) is 5.41 Å². The van der Waals surface area contributed by atoms with Crippen molar-refractivity contribution in [1.29, 1.82) is 0 Å². The Hall–Kier alpha value is -1.04. The predicted molar refractivity (Wildman–Crippen MR) is 77.2 cm³/mol. The Bertz CT molecular complexity index is 388. The monoisotopic (exact) mass is 332 g/mol. The number of hydrogen-bond donors (Lipinski definition) is 2. The van der Waals surface area contributed by atoms with Crippen LogP contribution in [0.5, 0.6) is 0 Å². The Morgan fingerprint density at radius 2 is 2.16 bits per heavy atom. The molecule has 1 atom stereocenters. The van der Waals surface area contributed by atoms with E-state index in [1.165, 1.54) is 0 Å². The lowest BCUT2D eigenvalue weighted by molar-refractivity contribution is -0.140. The molecular weight excluding hydrogens is 312 g/mol. The van der Waals surface area contributed by atoms with Crippen molar-refractivity contribution in [2.24, 2.45) is 5.41 Å². The molecule has 1 unspecified atom stereocenters. The van der Waals surface area contributed by atoms with Gasteiger partial charge in [-0.2, -0.15) is 0 Å². The maximum atomic E-state index is 12.0. The third kappa shape index (κ3) is 5.63. The maximum Gasteiger partial charge on any atom is 0.326 e. The van der Waals surface area contributed by atoms with Gasteiger partial charge in [-0.05, 0) is 22.7 Å². The van der Waals surface area contributed by atoms with Crippen LogP contribution in [0.3, 0.4) is 0 Å². The van der Waals surface area contributed by atoms with Gasteiger partial charge < -0.3 is 15.3 Å². The van der Waals surface area contributed by atoms with Crippen molar-refractivity contribution in [2.75, 3.05) is 13.1 Å². The second kappa shape index (κ2) is 6.41. The van der Waals surface area contributed by atoms with Gasteiger partial charge in [0.25, 0.3) is 0 Å². The zero-order valence-corrected chi connectivity index (χ0v) is 13.2. The molecular formula is C13H21BrN2O3. The summed E-state index contributed by atoms with van der Waals surface area (Å²) in [7, 11) is 0. The van der Waals surface area contributed by atoms with E-state index in [1.54, 1.807) is 4.90 Å². The summed E-state index contributed by atoms with van der Waals surface area (Å²) in [6.07, 6.45) is 3.09. The number of carbonyl (C=O) groups is 2. The molecule has 1 rings (SSSR count). The molecule has 1 aliphatic heterocycles. The number of halogens is 1. The van der Waals surface area contributed by atoms with Crippen LogP contribution in [0.1, 0.15) is 33.6 Å². The lowest BCUT2D eigenvalue weighted by atomic mass is 9.88. The minimum absolute atomic E-state index is 0.152. The molecule has 2 N–H and O–H groups in total. The lowest BCUT2D eigenvalue weighted by Gasteiger charge is -2.29. The van der Waals surface area contributed by atoms with Crippen LogP contribution in [0.15, 0.2) is 10.6 Å². The first-order valence-corrected chi connectivity index (χ1v) is 7.11. The van der Waals surface area contributed by atoms with Gasteiger partial charge in [-0.15, -0.1) is 0 Å². The van der Waals surface area contributed by atoms with E-state index in [0.29, 0.717) is 19.5 Å². The highest BCUT2D eigenvalue weighted by Gasteiger charge is 2.28. The fourth-order valence-electron chi connectivity index (χ4n) is 1.88. The topological polar surface area (TPSA) is 69.6 Å². The van der Waals surface area contributed by atoms with Crippen LogP contribution in [-0.2, 0) is 4.79 Å². The van der Waals surface area contributed by atoms with Gasteiger partial charge in [-0.25, -0.2) is 9.59 Å². The summed E-state index contributed by atoms with van der Waals surface area (Å²) < 4.78 is 1.08. The average molecular weight is 333 g/mol. The molecule has 1 aliphatic rings. The van der Waals surface area contributed by atoms with E-state index in [9.17, 15) is 14.7 Å². The molecule has 1 heterocycles. The number of aliphatic carboxylic acids is 1. The van der Waals surface area contributed by atoms with E-state index in [4.69, 9.17) is 0 Å². The first kappa shape index (κ1) is 16.0. The van der Waals surface area contributed by atoms with Crippen LogP contribution in [-0.4, -0.2) is 41.1 Å². The molecule has 0 fully saturated rings. The van der Waals surface area contributed by atoms with E-state index in [0.717, 1.165) is 10.9 Å². The zero-order valence-electron chi connectivity index (χ0n) is 11.6. The molecule has 0 saturated carbocycles. The summed E-state index contributed by atoms with van der Waals surface area (Å²) in [5, 5.41) is 11.8. The summed E-state index contributed by atoms with van der Waals surface area (Å²) in [5.74, 6) is -0.989. The normalized spacial score (nSPS) is 17.7. The maximum absolute atomic E-state index is 12.0. The van der Waals surface area contributed by atoms with Crippen molar-refractivity contribution in [3.8, 4) is 0 Å². The number of hydrogen-bond acceptors (Lipinski definition) is 2. The number of nitrogens with one attached hydrogen (secondary N) is 1. The van der Waals surface area contributed by atoms with Gasteiger partial charge in [0, 0.05) is 13.1 Å². The summed E-state index contributed by atoms with van der Waals surface area (Å²) in [5.41, 5.74) is -0.152. The number of urea groups is 1. The second-order valence-electron chi connectivity index (χ2n) is 5.95. The average Bonchev–Trinajstić information content (AvgIpc) is 2.27. The molecule has 0 saturated heterocycles. The molecule has 0 aliphatic carbocycles. The molecule has 0 aromatic carbocycles. The number of carboxylic acids is 1. The van der Waals surface area contributed by atoms with Gasteiger partial charge in [0.1, 0.15) is 6.04 Å². The summed E-state index contributed by atoms with van der Waals surface area (Å²) in [6.45, 7) is 6.97. The van der Waals surface area contributed by atoms with Gasteiger partial charge in [-0.1, -0.05) is 42.8 Å². The Morgan fingerprint density at radius 3 is 2.58 bits per heavy atom. The van der Waals surface area contributed by atoms with Crippen molar-refractivity contribution in [3.63, 3.8) is 0 Å². The van der Waals surface area contributed by atoms with Gasteiger partial charge >= 0.3 is 12.0 Å². The number of carboxylic acid groups (broad SMARTS) is 1. The van der Waals surface area contributed by atoms with Gasteiger partial charge in [-0.3, -0.25) is 0 Å². The Morgan fingerprint density at radius 1 is 1.53 bits per heavy atom. The fourth-order valence-corrected chi connectivity index (χ4v) is 2.20. The van der Waals surface area contributed by atoms with Crippen LogP contribution in [0.2, 0.25) is 0 Å². The molecule has 108 valence electrons. The lowest BCUT2D eigenvalue weighted by Crippen LogP contribution is -2.50. The minimum atomic E-state index is -0.989. The van der Waals surface area contributed by atoms with Gasteiger partial charge in [0.2, 0.25) is 0 Å². The van der Waals surface area contributed by atoms with E-state index in [2.05, 4.69) is 21.2 Å². The van der Waals surface area contributed by atoms with Gasteiger partial charge in [0.15, 0.2) is 0 Å².